The molecule has 1 aromatic heterocycles. The first-order valence-electron chi connectivity index (χ1n) is 8.56. The molecule has 0 saturated heterocycles. The Hall–Kier alpha value is -3.35. The molecule has 0 aliphatic rings. The van der Waals surface area contributed by atoms with Crippen LogP contribution in [0.2, 0.25) is 0 Å². The highest BCUT2D eigenvalue weighted by Crippen LogP contribution is 2.29. The van der Waals surface area contributed by atoms with Crippen LogP contribution in [-0.4, -0.2) is 10.9 Å². The van der Waals surface area contributed by atoms with E-state index in [1.165, 1.54) is 23.9 Å². The predicted molar refractivity (Wildman–Crippen MR) is 102 cm³/mol. The van der Waals surface area contributed by atoms with Crippen LogP contribution in [0.25, 0.3) is 0 Å². The zero-order chi connectivity index (χ0) is 20.1. The van der Waals surface area contributed by atoms with Crippen molar-refractivity contribution in [2.24, 2.45) is 0 Å². The molecule has 0 unspecified atom stereocenters. The van der Waals surface area contributed by atoms with E-state index in [1.54, 1.807) is 12.1 Å². The average molecular weight is 385 g/mol. The number of amides is 1. The molecule has 0 bridgehead atoms. The Morgan fingerprint density at radius 2 is 1.71 bits per heavy atom. The summed E-state index contributed by atoms with van der Waals surface area (Å²) in [7, 11) is 0. The van der Waals surface area contributed by atoms with Crippen molar-refractivity contribution in [2.75, 3.05) is 10.6 Å². The molecular weight excluding hydrogens is 367 g/mol. The van der Waals surface area contributed by atoms with Gasteiger partial charge < -0.3 is 10.6 Å². The topological polar surface area (TPSA) is 54.0 Å². The van der Waals surface area contributed by atoms with Gasteiger partial charge in [0.15, 0.2) is 0 Å². The second kappa shape index (κ2) is 8.12. The summed E-state index contributed by atoms with van der Waals surface area (Å²) in [6, 6.07) is 15.5. The lowest BCUT2D eigenvalue weighted by molar-refractivity contribution is -0.137. The second-order valence-electron chi connectivity index (χ2n) is 6.24. The number of aryl methyl sites for hydroxylation is 1. The van der Waals surface area contributed by atoms with Crippen molar-refractivity contribution in [3.8, 4) is 0 Å². The van der Waals surface area contributed by atoms with Crippen molar-refractivity contribution < 1.29 is 18.0 Å². The zero-order valence-corrected chi connectivity index (χ0v) is 15.0. The minimum atomic E-state index is -4.41. The largest absolute Gasteiger partial charge is 0.416 e. The first kappa shape index (κ1) is 19.4. The van der Waals surface area contributed by atoms with E-state index in [0.29, 0.717) is 17.9 Å². The van der Waals surface area contributed by atoms with Gasteiger partial charge in [-0.3, -0.25) is 4.79 Å². The number of anilines is 2. The lowest BCUT2D eigenvalue weighted by Gasteiger charge is -2.10. The molecular formula is C21H18F3N3O. The van der Waals surface area contributed by atoms with Crippen LogP contribution in [0.5, 0.6) is 0 Å². The van der Waals surface area contributed by atoms with Gasteiger partial charge in [-0.05, 0) is 54.4 Å². The van der Waals surface area contributed by atoms with Gasteiger partial charge in [0.2, 0.25) is 0 Å². The number of carbonyl (C=O) groups is 1. The third-order valence-corrected chi connectivity index (χ3v) is 4.22. The van der Waals surface area contributed by atoms with Gasteiger partial charge in [-0.1, -0.05) is 24.3 Å². The SMILES string of the molecule is Cc1ccccc1CNc1ccc(C(=O)Nc2ccc(C(F)(F)F)cc2)cn1. The molecule has 7 heteroatoms. The molecule has 0 radical (unpaired) electrons. The summed E-state index contributed by atoms with van der Waals surface area (Å²) in [6.07, 6.45) is -2.99. The Morgan fingerprint density at radius 1 is 1.00 bits per heavy atom. The number of pyridine rings is 1. The van der Waals surface area contributed by atoms with Gasteiger partial charge in [0.05, 0.1) is 11.1 Å². The maximum atomic E-state index is 12.6. The summed E-state index contributed by atoms with van der Waals surface area (Å²) < 4.78 is 37.7. The first-order chi connectivity index (χ1) is 13.3. The van der Waals surface area contributed by atoms with Crippen LogP contribution in [-0.2, 0) is 12.7 Å². The molecule has 0 atom stereocenters. The summed E-state index contributed by atoms with van der Waals surface area (Å²) in [6.45, 7) is 2.63. The van der Waals surface area contributed by atoms with E-state index in [9.17, 15) is 18.0 Å². The van der Waals surface area contributed by atoms with Crippen LogP contribution in [0.4, 0.5) is 24.7 Å². The van der Waals surface area contributed by atoms with E-state index in [1.807, 2.05) is 31.2 Å². The molecule has 3 rings (SSSR count). The highest BCUT2D eigenvalue weighted by Gasteiger charge is 2.30. The number of nitrogens with zero attached hydrogens (tertiary/aromatic N) is 1. The zero-order valence-electron chi connectivity index (χ0n) is 15.0. The molecule has 2 N–H and O–H groups in total. The number of alkyl halides is 3. The lowest BCUT2D eigenvalue weighted by Crippen LogP contribution is -2.13. The highest BCUT2D eigenvalue weighted by molar-refractivity contribution is 6.04. The molecule has 144 valence electrons. The maximum Gasteiger partial charge on any atom is 0.416 e. The maximum absolute atomic E-state index is 12.6. The molecule has 1 amide bonds. The molecule has 0 saturated carbocycles. The third kappa shape index (κ3) is 4.88. The van der Waals surface area contributed by atoms with Gasteiger partial charge >= 0.3 is 6.18 Å². The monoisotopic (exact) mass is 385 g/mol. The fraction of sp³-hybridized carbons (Fsp3) is 0.143. The average Bonchev–Trinajstić information content (AvgIpc) is 2.67. The van der Waals surface area contributed by atoms with Crippen molar-refractivity contribution >= 4 is 17.4 Å². The summed E-state index contributed by atoms with van der Waals surface area (Å²) in [5.74, 6) is 0.173. The van der Waals surface area contributed by atoms with Crippen molar-refractivity contribution in [2.45, 2.75) is 19.6 Å². The molecule has 0 spiro atoms. The first-order valence-corrected chi connectivity index (χ1v) is 8.56. The van der Waals surface area contributed by atoms with Crippen LogP contribution >= 0.6 is 0 Å². The number of benzene rings is 2. The van der Waals surface area contributed by atoms with E-state index in [4.69, 9.17) is 0 Å². The Bertz CT molecular complexity index is 952. The van der Waals surface area contributed by atoms with E-state index in [-0.39, 0.29) is 5.69 Å². The molecule has 28 heavy (non-hydrogen) atoms. The quantitative estimate of drug-likeness (QED) is 0.629. The van der Waals surface area contributed by atoms with E-state index < -0.39 is 17.6 Å². The van der Waals surface area contributed by atoms with E-state index in [2.05, 4.69) is 15.6 Å². The summed E-state index contributed by atoms with van der Waals surface area (Å²) in [5.41, 5.74) is 2.13. The Kier molecular flexibility index (Phi) is 5.63. The standard InChI is InChI=1S/C21H18F3N3O/c1-14-4-2-3-5-15(14)12-25-19-11-6-16(13-26-19)20(28)27-18-9-7-17(8-10-18)21(22,23)24/h2-11,13H,12H2,1H3,(H,25,26)(H,27,28). The number of hydrogen-bond donors (Lipinski definition) is 2. The Balaban J connectivity index is 1.60. The van der Waals surface area contributed by atoms with Gasteiger partial charge in [0.25, 0.3) is 5.91 Å². The van der Waals surface area contributed by atoms with Crippen molar-refractivity contribution in [3.63, 3.8) is 0 Å². The van der Waals surface area contributed by atoms with Gasteiger partial charge in [0.1, 0.15) is 5.82 Å². The number of halogens is 3. The van der Waals surface area contributed by atoms with Crippen LogP contribution in [0, 0.1) is 6.92 Å². The smallest absolute Gasteiger partial charge is 0.366 e. The van der Waals surface area contributed by atoms with Gasteiger partial charge in [-0.25, -0.2) is 4.98 Å². The van der Waals surface area contributed by atoms with Crippen molar-refractivity contribution in [3.05, 3.63) is 89.1 Å². The molecule has 4 nitrogen and oxygen atoms in total. The number of hydrogen-bond acceptors (Lipinski definition) is 3. The van der Waals surface area contributed by atoms with Crippen LogP contribution < -0.4 is 10.6 Å². The van der Waals surface area contributed by atoms with E-state index in [0.717, 1.165) is 17.7 Å². The predicted octanol–water partition coefficient (Wildman–Crippen LogP) is 5.27. The fourth-order valence-electron chi connectivity index (χ4n) is 2.57. The number of aromatic nitrogens is 1. The third-order valence-electron chi connectivity index (χ3n) is 4.22. The normalized spacial score (nSPS) is 11.1. The molecule has 0 fully saturated rings. The number of carbonyl (C=O) groups excluding carboxylic acids is 1. The number of rotatable bonds is 5. The lowest BCUT2D eigenvalue weighted by atomic mass is 10.1. The molecule has 2 aromatic carbocycles. The number of nitrogens with one attached hydrogen (secondary N) is 2. The molecule has 0 aliphatic carbocycles. The Morgan fingerprint density at radius 3 is 2.32 bits per heavy atom. The summed E-state index contributed by atoms with van der Waals surface area (Å²) in [4.78, 5) is 16.4. The summed E-state index contributed by atoms with van der Waals surface area (Å²) >= 11 is 0. The van der Waals surface area contributed by atoms with E-state index >= 15 is 0 Å². The minimum absolute atomic E-state index is 0.278. The van der Waals surface area contributed by atoms with Crippen molar-refractivity contribution in [1.29, 1.82) is 0 Å². The second-order valence-corrected chi connectivity index (χ2v) is 6.24. The van der Waals surface area contributed by atoms with Crippen LogP contribution in [0.1, 0.15) is 27.0 Å². The fourth-order valence-corrected chi connectivity index (χ4v) is 2.57. The highest BCUT2D eigenvalue weighted by atomic mass is 19.4. The minimum Gasteiger partial charge on any atom is -0.366 e. The van der Waals surface area contributed by atoms with Gasteiger partial charge in [-0.2, -0.15) is 13.2 Å². The summed E-state index contributed by atoms with van der Waals surface area (Å²) in [5, 5.41) is 5.74. The van der Waals surface area contributed by atoms with Crippen LogP contribution in [0.3, 0.4) is 0 Å². The van der Waals surface area contributed by atoms with Gasteiger partial charge in [-0.15, -0.1) is 0 Å². The molecule has 3 aromatic rings. The Labute approximate surface area is 160 Å². The van der Waals surface area contributed by atoms with Crippen molar-refractivity contribution in [1.82, 2.24) is 4.98 Å². The molecule has 0 aliphatic heterocycles. The van der Waals surface area contributed by atoms with Gasteiger partial charge in [0, 0.05) is 18.4 Å². The molecule has 1 heterocycles. The van der Waals surface area contributed by atoms with Crippen LogP contribution in [0.15, 0.2) is 66.9 Å².